The molecule has 3 heterocycles. The van der Waals surface area contributed by atoms with Crippen LogP contribution in [0.3, 0.4) is 0 Å². The third-order valence-electron chi connectivity index (χ3n) is 5.71. The first-order valence-electron chi connectivity index (χ1n) is 11.0. The summed E-state index contributed by atoms with van der Waals surface area (Å²) in [6, 6.07) is 13.8. The second-order valence-electron chi connectivity index (χ2n) is 7.98. The predicted molar refractivity (Wildman–Crippen MR) is 127 cm³/mol. The number of rotatable bonds is 7. The molecule has 2 aromatic heterocycles. The van der Waals surface area contributed by atoms with Gasteiger partial charge in [0, 0.05) is 0 Å². The number of benzene rings is 2. The Labute approximate surface area is 194 Å². The number of aromatic nitrogens is 2. The molecule has 168 valence electrons. The molecule has 1 amide bonds. The van der Waals surface area contributed by atoms with Crippen LogP contribution in [0.4, 0.5) is 5.13 Å². The number of ether oxygens (including phenoxy) is 1. The van der Waals surface area contributed by atoms with Crippen molar-refractivity contribution in [3.05, 3.63) is 80.6 Å². The van der Waals surface area contributed by atoms with Gasteiger partial charge in [0.25, 0.3) is 5.91 Å². The summed E-state index contributed by atoms with van der Waals surface area (Å²) in [5.41, 5.74) is 1.27. The molecule has 0 fully saturated rings. The topological polar surface area (TPSA) is 85.5 Å². The summed E-state index contributed by atoms with van der Waals surface area (Å²) in [6.45, 7) is 4.64. The van der Waals surface area contributed by atoms with E-state index in [2.05, 4.69) is 17.1 Å². The highest BCUT2D eigenvalue weighted by Crippen LogP contribution is 2.42. The third-order valence-corrected chi connectivity index (χ3v) is 6.55. The van der Waals surface area contributed by atoms with Crippen molar-refractivity contribution in [1.82, 2.24) is 10.2 Å². The van der Waals surface area contributed by atoms with E-state index in [1.54, 1.807) is 24.3 Å². The van der Waals surface area contributed by atoms with Crippen LogP contribution in [0, 0.1) is 6.92 Å². The summed E-state index contributed by atoms with van der Waals surface area (Å²) >= 11 is 1.30. The maximum absolute atomic E-state index is 13.5. The van der Waals surface area contributed by atoms with Crippen LogP contribution in [0.15, 0.2) is 57.7 Å². The van der Waals surface area contributed by atoms with Crippen LogP contribution in [-0.4, -0.2) is 22.7 Å². The van der Waals surface area contributed by atoms with Gasteiger partial charge in [0.05, 0.1) is 23.6 Å². The maximum atomic E-state index is 13.5. The Bertz CT molecular complexity index is 1380. The minimum absolute atomic E-state index is 0.0523. The number of aryl methyl sites for hydroxylation is 1. The van der Waals surface area contributed by atoms with Crippen molar-refractivity contribution in [3.8, 4) is 5.75 Å². The van der Waals surface area contributed by atoms with E-state index in [0.717, 1.165) is 35.6 Å². The molecule has 0 N–H and O–H groups in total. The Morgan fingerprint density at radius 3 is 2.58 bits per heavy atom. The second kappa shape index (κ2) is 8.78. The van der Waals surface area contributed by atoms with Crippen molar-refractivity contribution >= 4 is 33.3 Å². The molecule has 0 saturated heterocycles. The highest BCUT2D eigenvalue weighted by Gasteiger charge is 2.45. The zero-order chi connectivity index (χ0) is 22.9. The molecule has 0 radical (unpaired) electrons. The van der Waals surface area contributed by atoms with E-state index in [0.29, 0.717) is 28.3 Å². The third kappa shape index (κ3) is 3.80. The molecule has 1 aliphatic heterocycles. The van der Waals surface area contributed by atoms with Crippen molar-refractivity contribution in [2.75, 3.05) is 11.5 Å². The number of unbranched alkanes of at least 4 members (excludes halogenated alkanes) is 2. The quantitative estimate of drug-likeness (QED) is 0.349. The number of carbonyl (C=O) groups is 1. The lowest BCUT2D eigenvalue weighted by atomic mass is 9.98. The van der Waals surface area contributed by atoms with Crippen molar-refractivity contribution in [2.45, 2.75) is 39.2 Å². The van der Waals surface area contributed by atoms with Gasteiger partial charge in [-0.05, 0) is 43.2 Å². The Kier molecular flexibility index (Phi) is 5.68. The molecule has 2 aromatic carbocycles. The predicted octanol–water partition coefficient (Wildman–Crippen LogP) is 5.27. The Hall–Kier alpha value is -3.52. The van der Waals surface area contributed by atoms with Crippen LogP contribution in [0.5, 0.6) is 5.75 Å². The first-order valence-corrected chi connectivity index (χ1v) is 11.8. The Balaban J connectivity index is 1.60. The van der Waals surface area contributed by atoms with Crippen LogP contribution in [0.2, 0.25) is 0 Å². The molecule has 5 rings (SSSR count). The minimum Gasteiger partial charge on any atom is -0.494 e. The Morgan fingerprint density at radius 2 is 1.85 bits per heavy atom. The lowest BCUT2D eigenvalue weighted by molar-refractivity contribution is 0.0970. The summed E-state index contributed by atoms with van der Waals surface area (Å²) in [6.07, 6.45) is 3.26. The molecule has 0 aliphatic carbocycles. The zero-order valence-electron chi connectivity index (χ0n) is 18.4. The van der Waals surface area contributed by atoms with Crippen molar-refractivity contribution in [1.29, 1.82) is 0 Å². The summed E-state index contributed by atoms with van der Waals surface area (Å²) < 4.78 is 11.8. The van der Waals surface area contributed by atoms with Gasteiger partial charge in [-0.3, -0.25) is 14.5 Å². The van der Waals surface area contributed by atoms with E-state index in [4.69, 9.17) is 9.15 Å². The van der Waals surface area contributed by atoms with Gasteiger partial charge in [0.2, 0.25) is 10.9 Å². The fourth-order valence-electron chi connectivity index (χ4n) is 4.10. The molecule has 1 aliphatic rings. The van der Waals surface area contributed by atoms with Crippen molar-refractivity contribution in [3.63, 3.8) is 0 Å². The molecule has 8 heteroatoms. The first kappa shape index (κ1) is 21.3. The smallest absolute Gasteiger partial charge is 0.297 e. The molecule has 1 unspecified atom stereocenters. The number of hydrogen-bond donors (Lipinski definition) is 0. The highest BCUT2D eigenvalue weighted by molar-refractivity contribution is 7.15. The summed E-state index contributed by atoms with van der Waals surface area (Å²) in [5, 5.41) is 9.86. The number of anilines is 1. The summed E-state index contributed by atoms with van der Waals surface area (Å²) in [4.78, 5) is 28.5. The Morgan fingerprint density at radius 1 is 1.06 bits per heavy atom. The standard InChI is InChI=1S/C25H23N3O4S/c1-3-4-7-14-31-17-12-10-16(11-13-17)21-20-22(29)18-8-5-6-9-19(18)32-23(20)24(30)28(21)25-27-26-15(2)33-25/h5-6,8-13,21H,3-4,7,14H2,1-2H3. The van der Waals surface area contributed by atoms with Gasteiger partial charge in [-0.1, -0.05) is 55.4 Å². The molecule has 0 saturated carbocycles. The number of carbonyl (C=O) groups excluding carboxylic acids is 1. The monoisotopic (exact) mass is 461 g/mol. The number of hydrogen-bond acceptors (Lipinski definition) is 7. The van der Waals surface area contributed by atoms with Gasteiger partial charge in [0.1, 0.15) is 16.3 Å². The summed E-state index contributed by atoms with van der Waals surface area (Å²) in [5.74, 6) is 0.411. The van der Waals surface area contributed by atoms with Gasteiger partial charge < -0.3 is 9.15 Å². The SMILES string of the molecule is CCCCCOc1ccc(C2c3c(oc4ccccc4c3=O)C(=O)N2c2nnc(C)s2)cc1. The van der Waals surface area contributed by atoms with E-state index in [1.807, 2.05) is 31.2 Å². The van der Waals surface area contributed by atoms with Crippen LogP contribution < -0.4 is 15.1 Å². The number of fused-ring (bicyclic) bond motifs is 2. The fourth-order valence-corrected chi connectivity index (χ4v) is 4.82. The van der Waals surface area contributed by atoms with Crippen LogP contribution in [0.25, 0.3) is 11.0 Å². The van der Waals surface area contributed by atoms with E-state index in [-0.39, 0.29) is 11.2 Å². The molecule has 7 nitrogen and oxygen atoms in total. The number of para-hydroxylation sites is 1. The summed E-state index contributed by atoms with van der Waals surface area (Å²) in [7, 11) is 0. The number of nitrogens with zero attached hydrogens (tertiary/aromatic N) is 3. The van der Waals surface area contributed by atoms with E-state index in [1.165, 1.54) is 16.2 Å². The van der Waals surface area contributed by atoms with Gasteiger partial charge >= 0.3 is 0 Å². The van der Waals surface area contributed by atoms with Crippen molar-refractivity contribution < 1.29 is 13.9 Å². The van der Waals surface area contributed by atoms with Crippen LogP contribution in [-0.2, 0) is 0 Å². The molecule has 33 heavy (non-hydrogen) atoms. The van der Waals surface area contributed by atoms with E-state index < -0.39 is 11.9 Å². The number of amides is 1. The van der Waals surface area contributed by atoms with Gasteiger partial charge in [-0.15, -0.1) is 10.2 Å². The van der Waals surface area contributed by atoms with E-state index in [9.17, 15) is 9.59 Å². The lowest BCUT2D eigenvalue weighted by Gasteiger charge is -2.22. The molecule has 0 bridgehead atoms. The van der Waals surface area contributed by atoms with Gasteiger partial charge in [-0.25, -0.2) is 0 Å². The minimum atomic E-state index is -0.658. The second-order valence-corrected chi connectivity index (χ2v) is 9.14. The molecule has 4 aromatic rings. The van der Waals surface area contributed by atoms with E-state index >= 15 is 0 Å². The lowest BCUT2D eigenvalue weighted by Crippen LogP contribution is -2.29. The van der Waals surface area contributed by atoms with Crippen LogP contribution >= 0.6 is 11.3 Å². The van der Waals surface area contributed by atoms with Crippen molar-refractivity contribution in [2.24, 2.45) is 0 Å². The largest absolute Gasteiger partial charge is 0.494 e. The first-order chi connectivity index (χ1) is 16.1. The molecule has 0 spiro atoms. The molecular formula is C25H23N3O4S. The van der Waals surface area contributed by atoms with Gasteiger partial charge in [-0.2, -0.15) is 0 Å². The molecule has 1 atom stereocenters. The average Bonchev–Trinajstić information content (AvgIpc) is 3.38. The average molecular weight is 462 g/mol. The highest BCUT2D eigenvalue weighted by atomic mass is 32.1. The normalized spacial score (nSPS) is 15.3. The van der Waals surface area contributed by atoms with Crippen LogP contribution in [0.1, 0.15) is 58.9 Å². The maximum Gasteiger partial charge on any atom is 0.297 e. The fraction of sp³-hybridized carbons (Fsp3) is 0.280. The molecular weight excluding hydrogens is 438 g/mol. The zero-order valence-corrected chi connectivity index (χ0v) is 19.2. The van der Waals surface area contributed by atoms with Gasteiger partial charge in [0.15, 0.2) is 5.43 Å².